The van der Waals surface area contributed by atoms with E-state index in [1.807, 2.05) is 25.4 Å². The minimum Gasteiger partial charge on any atom is -0.368 e. The molecular weight excluding hydrogens is 382 g/mol. The number of rotatable bonds is 6. The van der Waals surface area contributed by atoms with Gasteiger partial charge in [-0.3, -0.25) is 9.48 Å². The fourth-order valence-corrected chi connectivity index (χ4v) is 3.31. The number of primary amides is 1. The van der Waals surface area contributed by atoms with Crippen LogP contribution >= 0.6 is 0 Å². The van der Waals surface area contributed by atoms with Crippen LogP contribution in [-0.4, -0.2) is 63.8 Å². The van der Waals surface area contributed by atoms with Gasteiger partial charge in [-0.05, 0) is 19.2 Å². The Morgan fingerprint density at radius 1 is 1.00 bits per heavy atom. The summed E-state index contributed by atoms with van der Waals surface area (Å²) in [6.45, 7) is 4.07. The fraction of sp³-hybridized carbons (Fsp3) is 0.300. The van der Waals surface area contributed by atoms with E-state index in [1.54, 1.807) is 23.1 Å². The average Bonchev–Trinajstić information content (AvgIpc) is 3.14. The number of carbonyl (C=O) groups excluding carboxylic acids is 1. The molecule has 0 saturated carbocycles. The molecule has 0 bridgehead atoms. The van der Waals surface area contributed by atoms with Crippen LogP contribution in [0.5, 0.6) is 0 Å². The quantitative estimate of drug-likeness (QED) is 0.563. The summed E-state index contributed by atoms with van der Waals surface area (Å²) >= 11 is 0. The molecule has 1 amide bonds. The lowest BCUT2D eigenvalue weighted by atomic mass is 10.2. The van der Waals surface area contributed by atoms with Gasteiger partial charge in [-0.2, -0.15) is 5.10 Å². The highest BCUT2D eigenvalue weighted by molar-refractivity contribution is 5.99. The Morgan fingerprint density at radius 2 is 1.77 bits per heavy atom. The van der Waals surface area contributed by atoms with Gasteiger partial charge in [0.1, 0.15) is 11.6 Å². The van der Waals surface area contributed by atoms with Gasteiger partial charge in [-0.1, -0.05) is 0 Å². The maximum Gasteiger partial charge on any atom is 0.252 e. The zero-order valence-corrected chi connectivity index (χ0v) is 17.0. The lowest BCUT2D eigenvalue weighted by Crippen LogP contribution is -2.44. The van der Waals surface area contributed by atoms with Crippen molar-refractivity contribution in [3.05, 3.63) is 48.5 Å². The number of hydrogen-bond donors (Lipinski definition) is 3. The number of nitrogens with zero attached hydrogens (tertiary/aromatic N) is 6. The zero-order valence-electron chi connectivity index (χ0n) is 17.0. The second-order valence-electron chi connectivity index (χ2n) is 7.32. The Labute approximate surface area is 174 Å². The van der Waals surface area contributed by atoms with Gasteiger partial charge in [0.05, 0.1) is 35.0 Å². The highest BCUT2D eigenvalue weighted by Crippen LogP contribution is 2.25. The summed E-state index contributed by atoms with van der Waals surface area (Å²) < 4.78 is 1.67. The monoisotopic (exact) mass is 407 g/mol. The van der Waals surface area contributed by atoms with E-state index in [9.17, 15) is 4.79 Å². The Morgan fingerprint density at radius 3 is 2.40 bits per heavy atom. The van der Waals surface area contributed by atoms with Gasteiger partial charge in [-0.15, -0.1) is 0 Å². The number of carbonyl (C=O) groups is 1. The third-order valence-corrected chi connectivity index (χ3v) is 5.03. The van der Waals surface area contributed by atoms with Crippen molar-refractivity contribution in [2.75, 3.05) is 48.8 Å². The number of aromatic nitrogens is 4. The van der Waals surface area contributed by atoms with Crippen LogP contribution in [0.1, 0.15) is 10.4 Å². The van der Waals surface area contributed by atoms with Gasteiger partial charge < -0.3 is 26.2 Å². The molecule has 0 radical (unpaired) electrons. The Balaban J connectivity index is 1.50. The van der Waals surface area contributed by atoms with Crippen molar-refractivity contribution in [2.24, 2.45) is 12.8 Å². The van der Waals surface area contributed by atoms with Crippen molar-refractivity contribution in [1.82, 2.24) is 24.6 Å². The first-order valence-electron chi connectivity index (χ1n) is 9.70. The summed E-state index contributed by atoms with van der Waals surface area (Å²) in [4.78, 5) is 25.2. The molecule has 10 nitrogen and oxygen atoms in total. The molecule has 4 N–H and O–H groups in total. The SMILES string of the molecule is CN1CCN(c2ccc(Nc3cc(Nc4cnn(C)c4)c(C(N)=O)cn3)nc2)CC1. The highest BCUT2D eigenvalue weighted by atomic mass is 16.1. The van der Waals surface area contributed by atoms with Gasteiger partial charge in [0, 0.05) is 51.7 Å². The van der Waals surface area contributed by atoms with E-state index in [1.165, 1.54) is 6.20 Å². The Bertz CT molecular complexity index is 1020. The lowest BCUT2D eigenvalue weighted by Gasteiger charge is -2.33. The van der Waals surface area contributed by atoms with Crippen LogP contribution in [0.15, 0.2) is 43.0 Å². The maximum atomic E-state index is 11.8. The molecule has 156 valence electrons. The molecule has 0 aliphatic carbocycles. The van der Waals surface area contributed by atoms with Crippen molar-refractivity contribution in [1.29, 1.82) is 0 Å². The molecule has 1 aliphatic rings. The van der Waals surface area contributed by atoms with Crippen LogP contribution in [0, 0.1) is 0 Å². The second kappa shape index (κ2) is 8.37. The van der Waals surface area contributed by atoms with Gasteiger partial charge in [0.15, 0.2) is 0 Å². The number of amides is 1. The van der Waals surface area contributed by atoms with Gasteiger partial charge in [0.25, 0.3) is 5.91 Å². The average molecular weight is 407 g/mol. The van der Waals surface area contributed by atoms with E-state index in [0.717, 1.165) is 37.6 Å². The molecule has 3 aromatic heterocycles. The summed E-state index contributed by atoms with van der Waals surface area (Å²) in [7, 11) is 3.95. The van der Waals surface area contributed by atoms with Gasteiger partial charge >= 0.3 is 0 Å². The van der Waals surface area contributed by atoms with E-state index >= 15 is 0 Å². The summed E-state index contributed by atoms with van der Waals surface area (Å²) in [6.07, 6.45) is 6.77. The molecule has 3 aromatic rings. The molecule has 0 atom stereocenters. The molecule has 10 heteroatoms. The second-order valence-corrected chi connectivity index (χ2v) is 7.32. The van der Waals surface area contributed by atoms with Crippen LogP contribution in [-0.2, 0) is 7.05 Å². The van der Waals surface area contributed by atoms with Crippen molar-refractivity contribution in [3.63, 3.8) is 0 Å². The van der Waals surface area contributed by atoms with Crippen molar-refractivity contribution >= 4 is 34.6 Å². The number of nitrogens with one attached hydrogen (secondary N) is 2. The zero-order chi connectivity index (χ0) is 21.1. The molecule has 1 aliphatic heterocycles. The van der Waals surface area contributed by atoms with Crippen LogP contribution in [0.4, 0.5) is 28.7 Å². The number of piperazine rings is 1. The first-order valence-corrected chi connectivity index (χ1v) is 9.70. The molecule has 0 unspecified atom stereocenters. The van der Waals surface area contributed by atoms with Crippen molar-refractivity contribution < 1.29 is 4.79 Å². The van der Waals surface area contributed by atoms with Crippen LogP contribution in [0.2, 0.25) is 0 Å². The molecule has 1 saturated heterocycles. The van der Waals surface area contributed by atoms with E-state index in [2.05, 4.69) is 42.5 Å². The predicted octanol–water partition coefficient (Wildman–Crippen LogP) is 1.55. The maximum absolute atomic E-state index is 11.8. The van der Waals surface area contributed by atoms with Crippen LogP contribution < -0.4 is 21.3 Å². The van der Waals surface area contributed by atoms with Crippen LogP contribution in [0.3, 0.4) is 0 Å². The summed E-state index contributed by atoms with van der Waals surface area (Å²) in [6, 6.07) is 5.70. The normalized spacial score (nSPS) is 14.5. The lowest BCUT2D eigenvalue weighted by molar-refractivity contribution is 0.100. The first kappa shape index (κ1) is 19.6. The van der Waals surface area contributed by atoms with E-state index in [4.69, 9.17) is 5.73 Å². The van der Waals surface area contributed by atoms with Crippen molar-refractivity contribution in [2.45, 2.75) is 0 Å². The van der Waals surface area contributed by atoms with E-state index in [-0.39, 0.29) is 0 Å². The Kier molecular flexibility index (Phi) is 5.48. The summed E-state index contributed by atoms with van der Waals surface area (Å²) in [5, 5.41) is 10.5. The number of likely N-dealkylation sites (N-methyl/N-ethyl adjacent to an activating group) is 1. The first-order chi connectivity index (χ1) is 14.5. The summed E-state index contributed by atoms with van der Waals surface area (Å²) in [5.41, 5.74) is 8.17. The summed E-state index contributed by atoms with van der Waals surface area (Å²) in [5.74, 6) is 0.654. The van der Waals surface area contributed by atoms with Gasteiger partial charge in [0.2, 0.25) is 0 Å². The number of aryl methyl sites for hydroxylation is 1. The minimum atomic E-state index is -0.560. The molecule has 4 rings (SSSR count). The minimum absolute atomic E-state index is 0.294. The Hall–Kier alpha value is -3.66. The topological polar surface area (TPSA) is 117 Å². The van der Waals surface area contributed by atoms with Crippen LogP contribution in [0.25, 0.3) is 0 Å². The molecule has 0 aromatic carbocycles. The van der Waals surface area contributed by atoms with Gasteiger partial charge in [-0.25, -0.2) is 9.97 Å². The standard InChI is InChI=1S/C20H25N9O/c1-27-5-7-29(8-6-27)15-3-4-18(22-11-15)26-19-9-17(16(12-23-19)20(21)30)25-14-10-24-28(2)13-14/h3-4,9-13H,5-8H2,1-2H3,(H2,21,30)(H2,22,23,25,26). The molecule has 4 heterocycles. The molecule has 0 spiro atoms. The molecule has 1 fully saturated rings. The number of pyridine rings is 2. The van der Waals surface area contributed by atoms with E-state index in [0.29, 0.717) is 22.9 Å². The number of nitrogens with two attached hydrogens (primary N) is 1. The van der Waals surface area contributed by atoms with Crippen molar-refractivity contribution in [3.8, 4) is 0 Å². The fourth-order valence-electron chi connectivity index (χ4n) is 3.31. The smallest absolute Gasteiger partial charge is 0.252 e. The number of anilines is 5. The van der Waals surface area contributed by atoms with E-state index < -0.39 is 5.91 Å². The number of hydrogen-bond acceptors (Lipinski definition) is 8. The molecular formula is C20H25N9O. The molecule has 30 heavy (non-hydrogen) atoms. The highest BCUT2D eigenvalue weighted by Gasteiger charge is 2.15. The largest absolute Gasteiger partial charge is 0.368 e. The predicted molar refractivity (Wildman–Crippen MR) is 116 cm³/mol. The third-order valence-electron chi connectivity index (χ3n) is 5.03. The third kappa shape index (κ3) is 4.49.